The van der Waals surface area contributed by atoms with Gasteiger partial charge in [0.2, 0.25) is 0 Å². The van der Waals surface area contributed by atoms with Gasteiger partial charge in [0, 0.05) is 11.3 Å². The Kier molecular flexibility index (Phi) is 5.12. The molecule has 0 saturated heterocycles. The largest absolute Gasteiger partial charge is 0.350 e. The number of anilines is 1. The molecule has 0 aliphatic rings. The molecule has 0 saturated carbocycles. The van der Waals surface area contributed by atoms with E-state index in [2.05, 4.69) is 12.2 Å². The maximum atomic E-state index is 11.2. The van der Waals surface area contributed by atoms with Crippen LogP contribution in [-0.4, -0.2) is 10.8 Å². The molecule has 1 aromatic rings. The van der Waals surface area contributed by atoms with Crippen molar-refractivity contribution in [2.75, 3.05) is 5.32 Å². The van der Waals surface area contributed by atoms with Crippen LogP contribution in [-0.2, 0) is 0 Å². The van der Waals surface area contributed by atoms with Gasteiger partial charge in [0.25, 0.3) is 0 Å². The predicted octanol–water partition coefficient (Wildman–Crippen LogP) is 3.82. The van der Waals surface area contributed by atoms with Gasteiger partial charge in [-0.2, -0.15) is 0 Å². The molecule has 0 amide bonds. The van der Waals surface area contributed by atoms with E-state index in [1.54, 1.807) is 6.92 Å². The highest BCUT2D eigenvalue weighted by Crippen LogP contribution is 2.12. The molecule has 0 aromatic heterocycles. The molecule has 0 unspecified atom stereocenters. The number of nitrogens with one attached hydrogen (secondary N) is 1. The maximum Gasteiger partial charge on any atom is 0.159 e. The lowest BCUT2D eigenvalue weighted by atomic mass is 10.1. The molecule has 0 fully saturated rings. The van der Waals surface area contributed by atoms with Crippen LogP contribution in [0.4, 0.5) is 5.69 Å². The lowest BCUT2D eigenvalue weighted by molar-refractivity contribution is 0.101. The number of thiocarbonyl (C=S) groups is 1. The van der Waals surface area contributed by atoms with Crippen LogP contribution >= 0.6 is 12.2 Å². The van der Waals surface area contributed by atoms with E-state index in [0.717, 1.165) is 29.9 Å². The van der Waals surface area contributed by atoms with Crippen molar-refractivity contribution in [3.63, 3.8) is 0 Å². The van der Waals surface area contributed by atoms with Crippen LogP contribution in [0.2, 0.25) is 0 Å². The number of carbonyl (C=O) groups excluding carboxylic acids is 1. The van der Waals surface area contributed by atoms with Crippen LogP contribution in [0.25, 0.3) is 0 Å². The van der Waals surface area contributed by atoms with Crippen LogP contribution in [0.15, 0.2) is 24.3 Å². The number of benzene rings is 1. The third-order valence-corrected chi connectivity index (χ3v) is 2.62. The highest BCUT2D eigenvalue weighted by atomic mass is 32.1. The maximum absolute atomic E-state index is 11.2. The van der Waals surface area contributed by atoms with E-state index in [0.29, 0.717) is 5.56 Å². The van der Waals surface area contributed by atoms with Gasteiger partial charge in [-0.25, -0.2) is 0 Å². The van der Waals surface area contributed by atoms with E-state index < -0.39 is 0 Å². The summed E-state index contributed by atoms with van der Waals surface area (Å²) in [5.74, 6) is 0.0723. The summed E-state index contributed by atoms with van der Waals surface area (Å²) in [6.45, 7) is 3.70. The Morgan fingerprint density at radius 1 is 1.44 bits per heavy atom. The van der Waals surface area contributed by atoms with Gasteiger partial charge in [0.1, 0.15) is 0 Å². The van der Waals surface area contributed by atoms with Crippen molar-refractivity contribution >= 4 is 28.7 Å². The molecule has 1 rings (SSSR count). The zero-order valence-electron chi connectivity index (χ0n) is 9.75. The Morgan fingerprint density at radius 3 is 2.81 bits per heavy atom. The van der Waals surface area contributed by atoms with Gasteiger partial charge in [-0.3, -0.25) is 4.79 Å². The van der Waals surface area contributed by atoms with Crippen molar-refractivity contribution in [3.8, 4) is 0 Å². The number of Topliss-reactive ketones (excluding diaryl/α,β-unsaturated/α-hetero) is 1. The summed E-state index contributed by atoms with van der Waals surface area (Å²) in [5, 5.41) is 3.15. The second-order valence-electron chi connectivity index (χ2n) is 3.79. The van der Waals surface area contributed by atoms with Crippen LogP contribution in [0, 0.1) is 0 Å². The van der Waals surface area contributed by atoms with Crippen LogP contribution in [0.1, 0.15) is 43.5 Å². The van der Waals surface area contributed by atoms with E-state index >= 15 is 0 Å². The first-order valence-electron chi connectivity index (χ1n) is 5.54. The summed E-state index contributed by atoms with van der Waals surface area (Å²) in [7, 11) is 0. The summed E-state index contributed by atoms with van der Waals surface area (Å²) in [6, 6.07) is 7.43. The first-order chi connectivity index (χ1) is 7.63. The smallest absolute Gasteiger partial charge is 0.159 e. The van der Waals surface area contributed by atoms with Gasteiger partial charge < -0.3 is 5.32 Å². The van der Waals surface area contributed by atoms with Gasteiger partial charge in [0.05, 0.1) is 4.99 Å². The van der Waals surface area contributed by atoms with Crippen molar-refractivity contribution in [1.29, 1.82) is 0 Å². The lowest BCUT2D eigenvalue weighted by Gasteiger charge is -2.08. The lowest BCUT2D eigenvalue weighted by Crippen LogP contribution is -2.09. The van der Waals surface area contributed by atoms with E-state index in [1.165, 1.54) is 0 Å². The highest BCUT2D eigenvalue weighted by molar-refractivity contribution is 7.80. The van der Waals surface area contributed by atoms with Crippen molar-refractivity contribution in [2.24, 2.45) is 0 Å². The summed E-state index contributed by atoms with van der Waals surface area (Å²) < 4.78 is 0. The standard InChI is InChI=1S/C13H17NOS/c1-3-4-8-13(16)14-12-7-5-6-11(9-12)10(2)15/h5-7,9H,3-4,8H2,1-2H3,(H,14,16). The van der Waals surface area contributed by atoms with Crippen LogP contribution in [0.3, 0.4) is 0 Å². The molecular weight excluding hydrogens is 218 g/mol. The number of ketones is 1. The fourth-order valence-corrected chi connectivity index (χ4v) is 1.64. The highest BCUT2D eigenvalue weighted by Gasteiger charge is 2.01. The van der Waals surface area contributed by atoms with Crippen molar-refractivity contribution < 1.29 is 4.79 Å². The normalized spacial score (nSPS) is 9.88. The van der Waals surface area contributed by atoms with Crippen molar-refractivity contribution in [3.05, 3.63) is 29.8 Å². The number of hydrogen-bond acceptors (Lipinski definition) is 2. The zero-order chi connectivity index (χ0) is 12.0. The summed E-state index contributed by atoms with van der Waals surface area (Å²) in [4.78, 5) is 12.0. The minimum absolute atomic E-state index is 0.0723. The monoisotopic (exact) mass is 235 g/mol. The van der Waals surface area contributed by atoms with Crippen molar-refractivity contribution in [2.45, 2.75) is 33.1 Å². The topological polar surface area (TPSA) is 29.1 Å². The fraction of sp³-hybridized carbons (Fsp3) is 0.385. The molecule has 1 aromatic carbocycles. The third kappa shape index (κ3) is 4.11. The minimum atomic E-state index is 0.0723. The quantitative estimate of drug-likeness (QED) is 0.621. The van der Waals surface area contributed by atoms with E-state index in [-0.39, 0.29) is 5.78 Å². The zero-order valence-corrected chi connectivity index (χ0v) is 10.6. The first-order valence-corrected chi connectivity index (χ1v) is 5.95. The van der Waals surface area contributed by atoms with Crippen LogP contribution in [0.5, 0.6) is 0 Å². The summed E-state index contributed by atoms with van der Waals surface area (Å²) >= 11 is 5.21. The fourth-order valence-electron chi connectivity index (χ4n) is 1.38. The van der Waals surface area contributed by atoms with E-state index in [9.17, 15) is 4.79 Å². The second-order valence-corrected chi connectivity index (χ2v) is 4.28. The van der Waals surface area contributed by atoms with Crippen LogP contribution < -0.4 is 5.32 Å². The van der Waals surface area contributed by atoms with Gasteiger partial charge in [-0.1, -0.05) is 37.7 Å². The molecule has 0 aliphatic heterocycles. The van der Waals surface area contributed by atoms with Crippen molar-refractivity contribution in [1.82, 2.24) is 0 Å². The first kappa shape index (κ1) is 12.8. The Labute approximate surface area is 102 Å². The molecule has 0 radical (unpaired) electrons. The molecule has 0 bridgehead atoms. The van der Waals surface area contributed by atoms with Gasteiger partial charge >= 0.3 is 0 Å². The Hall–Kier alpha value is -1.22. The minimum Gasteiger partial charge on any atom is -0.350 e. The molecule has 0 spiro atoms. The van der Waals surface area contributed by atoms with E-state index in [1.807, 2.05) is 24.3 Å². The Morgan fingerprint density at radius 2 is 2.19 bits per heavy atom. The number of hydrogen-bond donors (Lipinski definition) is 1. The molecule has 0 heterocycles. The molecule has 1 N–H and O–H groups in total. The van der Waals surface area contributed by atoms with E-state index in [4.69, 9.17) is 12.2 Å². The molecule has 16 heavy (non-hydrogen) atoms. The summed E-state index contributed by atoms with van der Waals surface area (Å²) in [5.41, 5.74) is 1.61. The van der Waals surface area contributed by atoms with Gasteiger partial charge in [0.15, 0.2) is 5.78 Å². The average Bonchev–Trinajstić information content (AvgIpc) is 2.26. The molecule has 86 valence electrons. The predicted molar refractivity (Wildman–Crippen MR) is 72.2 cm³/mol. The Bertz CT molecular complexity index is 387. The second kappa shape index (κ2) is 6.38. The number of carbonyl (C=O) groups is 1. The third-order valence-electron chi connectivity index (χ3n) is 2.31. The Balaban J connectivity index is 2.63. The summed E-state index contributed by atoms with van der Waals surface area (Å²) in [6.07, 6.45) is 3.13. The molecule has 3 heteroatoms. The molecular formula is C13H17NOS. The number of rotatable bonds is 5. The van der Waals surface area contributed by atoms with Gasteiger partial charge in [-0.15, -0.1) is 0 Å². The molecule has 0 atom stereocenters. The molecule has 0 aliphatic carbocycles. The number of unbranched alkanes of at least 4 members (excludes halogenated alkanes) is 1. The molecule has 2 nitrogen and oxygen atoms in total. The average molecular weight is 235 g/mol. The SMILES string of the molecule is CCCCC(=S)Nc1cccc(C(C)=O)c1. The van der Waals surface area contributed by atoms with Gasteiger partial charge in [-0.05, 0) is 31.9 Å².